The molecule has 0 unspecified atom stereocenters. The van der Waals surface area contributed by atoms with Crippen molar-refractivity contribution in [2.24, 2.45) is 0 Å². The topological polar surface area (TPSA) is 35.6 Å². The van der Waals surface area contributed by atoms with Gasteiger partial charge in [0.25, 0.3) is 5.91 Å². The Balaban J connectivity index is 1.77. The molecule has 0 atom stereocenters. The predicted molar refractivity (Wildman–Crippen MR) is 91.1 cm³/mol. The number of hydrogen-bond donors (Lipinski definition) is 1. The van der Waals surface area contributed by atoms with Gasteiger partial charge in [-0.2, -0.15) is 0 Å². The molecule has 0 radical (unpaired) electrons. The van der Waals surface area contributed by atoms with Gasteiger partial charge in [0.15, 0.2) is 0 Å². The van der Waals surface area contributed by atoms with Crippen molar-refractivity contribution in [2.75, 3.05) is 33.2 Å². The van der Waals surface area contributed by atoms with E-state index in [-0.39, 0.29) is 5.91 Å². The molecular weight excluding hydrogens is 274 g/mol. The zero-order chi connectivity index (χ0) is 15.9. The lowest BCUT2D eigenvalue weighted by Crippen LogP contribution is -2.33. The van der Waals surface area contributed by atoms with Crippen LogP contribution in [0, 0.1) is 0 Å². The molecule has 0 saturated heterocycles. The number of hydrogen-bond acceptors (Lipinski definition) is 3. The van der Waals surface area contributed by atoms with E-state index in [4.69, 9.17) is 0 Å². The van der Waals surface area contributed by atoms with E-state index in [1.807, 2.05) is 12.1 Å². The molecule has 1 aliphatic carbocycles. The maximum Gasteiger partial charge on any atom is 0.251 e. The van der Waals surface area contributed by atoms with Crippen molar-refractivity contribution in [3.63, 3.8) is 0 Å². The number of carbonyl (C=O) groups is 1. The molecule has 1 aliphatic rings. The van der Waals surface area contributed by atoms with Crippen molar-refractivity contribution in [3.8, 4) is 0 Å². The first kappa shape index (κ1) is 17.0. The maximum atomic E-state index is 12.1. The average Bonchev–Trinajstić information content (AvgIpc) is 3.37. The highest BCUT2D eigenvalue weighted by Gasteiger charge is 2.25. The van der Waals surface area contributed by atoms with E-state index >= 15 is 0 Å². The highest BCUT2D eigenvalue weighted by Crippen LogP contribution is 2.24. The van der Waals surface area contributed by atoms with Gasteiger partial charge < -0.3 is 10.2 Å². The van der Waals surface area contributed by atoms with Crippen LogP contribution in [0.3, 0.4) is 0 Å². The Morgan fingerprint density at radius 1 is 1.18 bits per heavy atom. The van der Waals surface area contributed by atoms with Crippen molar-refractivity contribution >= 4 is 5.91 Å². The molecule has 1 saturated carbocycles. The summed E-state index contributed by atoms with van der Waals surface area (Å²) in [5.74, 6) is 0.0265. The summed E-state index contributed by atoms with van der Waals surface area (Å²) in [4.78, 5) is 16.8. The van der Waals surface area contributed by atoms with Gasteiger partial charge in [0.1, 0.15) is 0 Å². The van der Waals surface area contributed by atoms with E-state index in [1.165, 1.54) is 18.4 Å². The van der Waals surface area contributed by atoms with Gasteiger partial charge in [0, 0.05) is 31.2 Å². The van der Waals surface area contributed by atoms with Crippen LogP contribution >= 0.6 is 0 Å². The molecule has 1 aromatic rings. The zero-order valence-corrected chi connectivity index (χ0v) is 14.1. The van der Waals surface area contributed by atoms with Crippen molar-refractivity contribution in [1.82, 2.24) is 15.1 Å². The molecule has 1 aromatic carbocycles. The molecule has 0 bridgehead atoms. The van der Waals surface area contributed by atoms with Gasteiger partial charge in [-0.1, -0.05) is 26.0 Å². The number of carbonyl (C=O) groups excluding carboxylic acids is 1. The van der Waals surface area contributed by atoms with Crippen LogP contribution in [-0.2, 0) is 6.54 Å². The van der Waals surface area contributed by atoms with Gasteiger partial charge in [-0.05, 0) is 50.7 Å². The Kier molecular flexibility index (Phi) is 6.40. The van der Waals surface area contributed by atoms with Crippen LogP contribution in [0.1, 0.15) is 42.6 Å². The van der Waals surface area contributed by atoms with Crippen molar-refractivity contribution < 1.29 is 4.79 Å². The number of benzene rings is 1. The molecular formula is C18H29N3O. The molecule has 1 fully saturated rings. The summed E-state index contributed by atoms with van der Waals surface area (Å²) in [6, 6.07) is 8.72. The van der Waals surface area contributed by atoms with E-state index < -0.39 is 0 Å². The van der Waals surface area contributed by atoms with Crippen LogP contribution in [0.2, 0.25) is 0 Å². The fourth-order valence-corrected chi connectivity index (χ4v) is 2.61. The number of amides is 1. The van der Waals surface area contributed by atoms with Gasteiger partial charge in [-0.25, -0.2) is 0 Å². The van der Waals surface area contributed by atoms with Crippen LogP contribution in [0.5, 0.6) is 0 Å². The monoisotopic (exact) mass is 303 g/mol. The van der Waals surface area contributed by atoms with Crippen molar-refractivity contribution in [2.45, 2.75) is 39.3 Å². The Labute approximate surface area is 134 Å². The molecule has 22 heavy (non-hydrogen) atoms. The van der Waals surface area contributed by atoms with Gasteiger partial charge in [0.2, 0.25) is 0 Å². The summed E-state index contributed by atoms with van der Waals surface area (Å²) >= 11 is 0. The Morgan fingerprint density at radius 2 is 1.82 bits per heavy atom. The minimum absolute atomic E-state index is 0.0265. The standard InChI is InChI=1S/C18H29N3O/c1-4-21(5-2)14-15-6-8-16(9-7-15)18(22)19-12-13-20(3)17-10-11-17/h6-9,17H,4-5,10-14H2,1-3H3,(H,19,22). The van der Waals surface area contributed by atoms with E-state index in [1.54, 1.807) is 0 Å². The Hall–Kier alpha value is -1.39. The van der Waals surface area contributed by atoms with Crippen LogP contribution in [0.15, 0.2) is 24.3 Å². The van der Waals surface area contributed by atoms with Gasteiger partial charge in [0.05, 0.1) is 0 Å². The van der Waals surface area contributed by atoms with Crippen molar-refractivity contribution in [3.05, 3.63) is 35.4 Å². The lowest BCUT2D eigenvalue weighted by Gasteiger charge is -2.18. The lowest BCUT2D eigenvalue weighted by atomic mass is 10.1. The second-order valence-corrected chi connectivity index (χ2v) is 6.13. The number of likely N-dealkylation sites (N-methyl/N-ethyl adjacent to an activating group) is 1. The fraction of sp³-hybridized carbons (Fsp3) is 0.611. The molecule has 4 nitrogen and oxygen atoms in total. The number of nitrogens with zero attached hydrogens (tertiary/aromatic N) is 2. The molecule has 122 valence electrons. The normalized spacial score (nSPS) is 14.6. The second-order valence-electron chi connectivity index (χ2n) is 6.13. The Bertz CT molecular complexity index is 464. The van der Waals surface area contributed by atoms with E-state index in [2.05, 4.69) is 48.1 Å². The molecule has 1 amide bonds. The molecule has 4 heteroatoms. The highest BCUT2D eigenvalue weighted by atomic mass is 16.1. The van der Waals surface area contributed by atoms with Crippen LogP contribution < -0.4 is 5.32 Å². The van der Waals surface area contributed by atoms with Crippen molar-refractivity contribution in [1.29, 1.82) is 0 Å². The Morgan fingerprint density at radius 3 is 2.36 bits per heavy atom. The molecule has 0 heterocycles. The molecule has 0 aliphatic heterocycles. The summed E-state index contributed by atoms with van der Waals surface area (Å²) in [5.41, 5.74) is 2.01. The number of rotatable bonds is 9. The minimum Gasteiger partial charge on any atom is -0.351 e. The SMILES string of the molecule is CCN(CC)Cc1ccc(C(=O)NCCN(C)C2CC2)cc1. The van der Waals surface area contributed by atoms with E-state index in [9.17, 15) is 4.79 Å². The minimum atomic E-state index is 0.0265. The summed E-state index contributed by atoms with van der Waals surface area (Å²) in [5, 5.41) is 3.00. The fourth-order valence-electron chi connectivity index (χ4n) is 2.61. The summed E-state index contributed by atoms with van der Waals surface area (Å²) < 4.78 is 0. The second kappa shape index (κ2) is 8.30. The molecule has 0 spiro atoms. The summed E-state index contributed by atoms with van der Waals surface area (Å²) in [6.07, 6.45) is 2.61. The average molecular weight is 303 g/mol. The molecule has 2 rings (SSSR count). The van der Waals surface area contributed by atoms with Crippen LogP contribution in [0.4, 0.5) is 0 Å². The van der Waals surface area contributed by atoms with Crippen LogP contribution in [-0.4, -0.2) is 55.0 Å². The highest BCUT2D eigenvalue weighted by molar-refractivity contribution is 5.94. The smallest absolute Gasteiger partial charge is 0.251 e. The van der Waals surface area contributed by atoms with Crippen LogP contribution in [0.25, 0.3) is 0 Å². The van der Waals surface area contributed by atoms with E-state index in [0.29, 0.717) is 6.54 Å². The van der Waals surface area contributed by atoms with Gasteiger partial charge >= 0.3 is 0 Å². The summed E-state index contributed by atoms with van der Waals surface area (Å²) in [7, 11) is 2.13. The largest absolute Gasteiger partial charge is 0.351 e. The molecule has 1 N–H and O–H groups in total. The predicted octanol–water partition coefficient (Wildman–Crippen LogP) is 2.35. The summed E-state index contributed by atoms with van der Waals surface area (Å²) in [6.45, 7) is 9.03. The van der Waals surface area contributed by atoms with Gasteiger partial charge in [-0.15, -0.1) is 0 Å². The molecule has 0 aromatic heterocycles. The first-order chi connectivity index (χ1) is 10.6. The third-order valence-electron chi connectivity index (χ3n) is 4.44. The first-order valence-electron chi connectivity index (χ1n) is 8.43. The lowest BCUT2D eigenvalue weighted by molar-refractivity contribution is 0.0949. The van der Waals surface area contributed by atoms with Gasteiger partial charge in [-0.3, -0.25) is 9.69 Å². The van der Waals surface area contributed by atoms with E-state index in [0.717, 1.165) is 37.8 Å². The number of nitrogens with one attached hydrogen (secondary N) is 1. The maximum absolute atomic E-state index is 12.1. The third kappa shape index (κ3) is 5.11. The third-order valence-corrected chi connectivity index (χ3v) is 4.44. The first-order valence-corrected chi connectivity index (χ1v) is 8.43. The zero-order valence-electron chi connectivity index (χ0n) is 14.1. The quantitative estimate of drug-likeness (QED) is 0.760.